The molecule has 27 heavy (non-hydrogen) atoms. The SMILES string of the molecule is CN=C(NCCCN(C)c1cccc(F)c1)Nc1ccc(OC)c(OC)c1. The van der Waals surface area contributed by atoms with Crippen LogP contribution in [0.2, 0.25) is 0 Å². The molecule has 2 rings (SSSR count). The number of benzene rings is 2. The highest BCUT2D eigenvalue weighted by molar-refractivity contribution is 5.93. The molecule has 2 N–H and O–H groups in total. The fourth-order valence-corrected chi connectivity index (χ4v) is 2.60. The molecule has 0 atom stereocenters. The molecule has 0 radical (unpaired) electrons. The van der Waals surface area contributed by atoms with Crippen molar-refractivity contribution in [3.63, 3.8) is 0 Å². The lowest BCUT2D eigenvalue weighted by molar-refractivity contribution is 0.355. The van der Waals surface area contributed by atoms with Crippen molar-refractivity contribution in [1.82, 2.24) is 5.32 Å². The Kier molecular flexibility index (Phi) is 7.73. The molecule has 0 fully saturated rings. The van der Waals surface area contributed by atoms with Gasteiger partial charge in [-0.3, -0.25) is 4.99 Å². The molecule has 0 aliphatic rings. The molecular formula is C20H27FN4O2. The van der Waals surface area contributed by atoms with E-state index < -0.39 is 0 Å². The number of rotatable bonds is 8. The third-order valence-corrected chi connectivity index (χ3v) is 4.08. The minimum absolute atomic E-state index is 0.225. The Labute approximate surface area is 160 Å². The second-order valence-electron chi connectivity index (χ2n) is 5.95. The predicted molar refractivity (Wildman–Crippen MR) is 109 cm³/mol. The van der Waals surface area contributed by atoms with Gasteiger partial charge >= 0.3 is 0 Å². The van der Waals surface area contributed by atoms with Crippen molar-refractivity contribution in [2.75, 3.05) is 51.6 Å². The first-order valence-electron chi connectivity index (χ1n) is 8.73. The van der Waals surface area contributed by atoms with E-state index in [2.05, 4.69) is 15.6 Å². The monoisotopic (exact) mass is 374 g/mol. The summed E-state index contributed by atoms with van der Waals surface area (Å²) in [6.45, 7) is 1.52. The molecule has 2 aromatic carbocycles. The van der Waals surface area contributed by atoms with E-state index in [0.29, 0.717) is 17.5 Å². The number of hydrogen-bond donors (Lipinski definition) is 2. The summed E-state index contributed by atoms with van der Waals surface area (Å²) in [5.74, 6) is 1.76. The zero-order chi connectivity index (χ0) is 19.6. The summed E-state index contributed by atoms with van der Waals surface area (Å²) in [4.78, 5) is 6.25. The Balaban J connectivity index is 1.82. The molecule has 6 nitrogen and oxygen atoms in total. The number of anilines is 2. The normalized spacial score (nSPS) is 11.1. The standard InChI is InChI=1S/C20H27FN4O2/c1-22-20(24-16-9-10-18(26-3)19(14-16)27-4)23-11-6-12-25(2)17-8-5-7-15(21)13-17/h5,7-10,13-14H,6,11-12H2,1-4H3,(H2,22,23,24). The highest BCUT2D eigenvalue weighted by Crippen LogP contribution is 2.29. The molecule has 0 saturated heterocycles. The Morgan fingerprint density at radius 3 is 2.56 bits per heavy atom. The van der Waals surface area contributed by atoms with Gasteiger partial charge in [-0.15, -0.1) is 0 Å². The van der Waals surface area contributed by atoms with Crippen LogP contribution in [0.25, 0.3) is 0 Å². The Hall–Kier alpha value is -2.96. The zero-order valence-corrected chi connectivity index (χ0v) is 16.3. The molecule has 0 aromatic heterocycles. The van der Waals surface area contributed by atoms with E-state index in [0.717, 1.165) is 30.9 Å². The van der Waals surface area contributed by atoms with Gasteiger partial charge in [0, 0.05) is 44.6 Å². The summed E-state index contributed by atoms with van der Waals surface area (Å²) in [5, 5.41) is 6.49. The predicted octanol–water partition coefficient (Wildman–Crippen LogP) is 3.36. The number of guanidine groups is 1. The lowest BCUT2D eigenvalue weighted by atomic mass is 10.2. The first kappa shape index (κ1) is 20.4. The number of aliphatic imine (C=N–C) groups is 1. The van der Waals surface area contributed by atoms with Crippen LogP contribution in [-0.4, -0.2) is 47.4 Å². The van der Waals surface area contributed by atoms with Crippen LogP contribution in [0.4, 0.5) is 15.8 Å². The molecule has 7 heteroatoms. The van der Waals surface area contributed by atoms with E-state index in [-0.39, 0.29) is 5.82 Å². The van der Waals surface area contributed by atoms with E-state index >= 15 is 0 Å². The number of methoxy groups -OCH3 is 2. The lowest BCUT2D eigenvalue weighted by Crippen LogP contribution is -2.33. The zero-order valence-electron chi connectivity index (χ0n) is 16.3. The van der Waals surface area contributed by atoms with Gasteiger partial charge in [-0.25, -0.2) is 4.39 Å². The molecule has 0 amide bonds. The van der Waals surface area contributed by atoms with Gasteiger partial charge in [-0.2, -0.15) is 0 Å². The molecule has 2 aromatic rings. The molecule has 0 heterocycles. The minimum atomic E-state index is -0.225. The summed E-state index contributed by atoms with van der Waals surface area (Å²) in [7, 11) is 6.87. The van der Waals surface area contributed by atoms with Crippen LogP contribution >= 0.6 is 0 Å². The second kappa shape index (κ2) is 10.3. The fourth-order valence-electron chi connectivity index (χ4n) is 2.60. The third-order valence-electron chi connectivity index (χ3n) is 4.08. The summed E-state index contributed by atoms with van der Waals surface area (Å²) < 4.78 is 23.8. The van der Waals surface area contributed by atoms with E-state index in [9.17, 15) is 4.39 Å². The van der Waals surface area contributed by atoms with Crippen LogP contribution in [0.15, 0.2) is 47.5 Å². The number of halogens is 1. The van der Waals surface area contributed by atoms with Gasteiger partial charge in [0.05, 0.1) is 14.2 Å². The number of nitrogens with one attached hydrogen (secondary N) is 2. The molecule has 0 aliphatic carbocycles. The maximum absolute atomic E-state index is 13.3. The maximum atomic E-state index is 13.3. The summed E-state index contributed by atoms with van der Waals surface area (Å²) in [5.41, 5.74) is 1.71. The van der Waals surface area contributed by atoms with Gasteiger partial charge in [0.2, 0.25) is 0 Å². The van der Waals surface area contributed by atoms with Crippen LogP contribution < -0.4 is 25.0 Å². The maximum Gasteiger partial charge on any atom is 0.195 e. The second-order valence-corrected chi connectivity index (χ2v) is 5.95. The van der Waals surface area contributed by atoms with Crippen molar-refractivity contribution >= 4 is 17.3 Å². The number of nitrogens with zero attached hydrogens (tertiary/aromatic N) is 2. The number of ether oxygens (including phenoxy) is 2. The van der Waals surface area contributed by atoms with Crippen molar-refractivity contribution in [3.05, 3.63) is 48.3 Å². The van der Waals surface area contributed by atoms with E-state index in [1.54, 1.807) is 27.3 Å². The van der Waals surface area contributed by atoms with Crippen molar-refractivity contribution in [2.24, 2.45) is 4.99 Å². The topological polar surface area (TPSA) is 58.1 Å². The Morgan fingerprint density at radius 1 is 1.11 bits per heavy atom. The highest BCUT2D eigenvalue weighted by atomic mass is 19.1. The fraction of sp³-hybridized carbons (Fsp3) is 0.350. The average molecular weight is 374 g/mol. The van der Waals surface area contributed by atoms with E-state index in [4.69, 9.17) is 9.47 Å². The molecule has 0 unspecified atom stereocenters. The Morgan fingerprint density at radius 2 is 1.89 bits per heavy atom. The van der Waals surface area contributed by atoms with Crippen molar-refractivity contribution in [2.45, 2.75) is 6.42 Å². The van der Waals surface area contributed by atoms with Crippen LogP contribution in [0.5, 0.6) is 11.5 Å². The quantitative estimate of drug-likeness (QED) is 0.422. The smallest absolute Gasteiger partial charge is 0.195 e. The van der Waals surface area contributed by atoms with Crippen molar-refractivity contribution in [3.8, 4) is 11.5 Å². The van der Waals surface area contributed by atoms with Crippen LogP contribution in [0, 0.1) is 5.82 Å². The third kappa shape index (κ3) is 6.06. The van der Waals surface area contributed by atoms with E-state index in [1.807, 2.05) is 36.2 Å². The van der Waals surface area contributed by atoms with Gasteiger partial charge < -0.3 is 25.0 Å². The van der Waals surface area contributed by atoms with Gasteiger partial charge in [0.25, 0.3) is 0 Å². The van der Waals surface area contributed by atoms with E-state index in [1.165, 1.54) is 12.1 Å². The highest BCUT2D eigenvalue weighted by Gasteiger charge is 2.06. The van der Waals surface area contributed by atoms with Crippen LogP contribution in [0.1, 0.15) is 6.42 Å². The molecule has 0 bridgehead atoms. The van der Waals surface area contributed by atoms with Gasteiger partial charge in [0.15, 0.2) is 17.5 Å². The lowest BCUT2D eigenvalue weighted by Gasteiger charge is -2.20. The van der Waals surface area contributed by atoms with Crippen LogP contribution in [-0.2, 0) is 0 Å². The minimum Gasteiger partial charge on any atom is -0.493 e. The van der Waals surface area contributed by atoms with Gasteiger partial charge in [-0.1, -0.05) is 6.07 Å². The molecular weight excluding hydrogens is 347 g/mol. The largest absolute Gasteiger partial charge is 0.493 e. The van der Waals surface area contributed by atoms with Gasteiger partial charge in [0.1, 0.15) is 5.82 Å². The number of hydrogen-bond acceptors (Lipinski definition) is 4. The van der Waals surface area contributed by atoms with Crippen molar-refractivity contribution in [1.29, 1.82) is 0 Å². The summed E-state index contributed by atoms with van der Waals surface area (Å²) >= 11 is 0. The van der Waals surface area contributed by atoms with Gasteiger partial charge in [-0.05, 0) is 36.8 Å². The average Bonchev–Trinajstić information content (AvgIpc) is 2.69. The summed E-state index contributed by atoms with van der Waals surface area (Å²) in [6.07, 6.45) is 0.875. The molecule has 146 valence electrons. The first-order chi connectivity index (χ1) is 13.1. The first-order valence-corrected chi connectivity index (χ1v) is 8.73. The Bertz CT molecular complexity index is 767. The molecule has 0 aliphatic heterocycles. The van der Waals surface area contributed by atoms with Crippen LogP contribution in [0.3, 0.4) is 0 Å². The molecule has 0 spiro atoms. The summed E-state index contributed by atoms with van der Waals surface area (Å²) in [6, 6.07) is 12.2. The molecule has 0 saturated carbocycles. The van der Waals surface area contributed by atoms with Crippen molar-refractivity contribution < 1.29 is 13.9 Å².